The average molecular weight is 310 g/mol. The maximum absolute atomic E-state index is 11.8. The highest BCUT2D eigenvalue weighted by atomic mass is 32.2. The van der Waals surface area contributed by atoms with E-state index in [1.54, 1.807) is 0 Å². The summed E-state index contributed by atoms with van der Waals surface area (Å²) in [6.45, 7) is 4.63. The number of rotatable bonds is 4. The van der Waals surface area contributed by atoms with E-state index in [2.05, 4.69) is 24.5 Å². The Hall–Kier alpha value is -1.56. The zero-order chi connectivity index (χ0) is 15.5. The average Bonchev–Trinajstić information content (AvgIpc) is 2.77. The number of carbonyl (C=O) groups is 1. The fraction of sp³-hybridized carbons (Fsp3) is 0.533. The Labute approximate surface area is 126 Å². The van der Waals surface area contributed by atoms with Gasteiger partial charge in [0.1, 0.15) is 0 Å². The molecule has 1 aromatic carbocycles. The number of hydrogen-bond donors (Lipinski definition) is 2. The molecule has 1 aliphatic heterocycles. The third-order valence-electron chi connectivity index (χ3n) is 3.71. The van der Waals surface area contributed by atoms with Crippen LogP contribution in [0.4, 0.5) is 10.5 Å². The summed E-state index contributed by atoms with van der Waals surface area (Å²) in [4.78, 5) is 11.8. The molecule has 1 unspecified atom stereocenters. The Bertz CT molecular complexity index is 594. The third kappa shape index (κ3) is 4.74. The minimum atomic E-state index is -2.89. The first-order chi connectivity index (χ1) is 9.85. The molecule has 116 valence electrons. The number of carbonyl (C=O) groups excluding carboxylic acids is 1. The Kier molecular flexibility index (Phi) is 4.88. The maximum atomic E-state index is 11.8. The molecule has 2 rings (SSSR count). The molecule has 0 aromatic heterocycles. The van der Waals surface area contributed by atoms with Gasteiger partial charge in [0, 0.05) is 12.2 Å². The van der Waals surface area contributed by atoms with Crippen molar-refractivity contribution in [3.8, 4) is 0 Å². The maximum Gasteiger partial charge on any atom is 0.319 e. The molecule has 5 nitrogen and oxygen atoms in total. The van der Waals surface area contributed by atoms with Crippen LogP contribution in [0, 0.1) is 5.92 Å². The van der Waals surface area contributed by atoms with Crippen molar-refractivity contribution < 1.29 is 13.2 Å². The Morgan fingerprint density at radius 1 is 1.29 bits per heavy atom. The Morgan fingerprint density at radius 2 is 1.95 bits per heavy atom. The topological polar surface area (TPSA) is 75.3 Å². The van der Waals surface area contributed by atoms with Crippen LogP contribution in [0.3, 0.4) is 0 Å². The van der Waals surface area contributed by atoms with Crippen molar-refractivity contribution in [1.82, 2.24) is 5.32 Å². The number of nitrogens with one attached hydrogen (secondary N) is 2. The first kappa shape index (κ1) is 15.8. The van der Waals surface area contributed by atoms with E-state index >= 15 is 0 Å². The molecule has 0 radical (unpaired) electrons. The number of urea groups is 1. The molecule has 0 aliphatic carbocycles. The first-order valence-corrected chi connectivity index (χ1v) is 9.03. The standard InChI is InChI=1S/C15H22N2O3S/c1-11(2)13-3-5-14(6-4-13)17-15(18)16-9-12-7-8-21(19,20)10-12/h3-6,11-12H,7-10H2,1-2H3,(H2,16,17,18). The second-order valence-electron chi connectivity index (χ2n) is 5.88. The highest BCUT2D eigenvalue weighted by Gasteiger charge is 2.27. The van der Waals surface area contributed by atoms with Gasteiger partial charge >= 0.3 is 6.03 Å². The summed E-state index contributed by atoms with van der Waals surface area (Å²) < 4.78 is 22.7. The second-order valence-corrected chi connectivity index (χ2v) is 8.11. The predicted octanol–water partition coefficient (Wildman–Crippen LogP) is 2.37. The van der Waals surface area contributed by atoms with Gasteiger partial charge in [0.15, 0.2) is 9.84 Å². The van der Waals surface area contributed by atoms with Gasteiger partial charge in [-0.25, -0.2) is 13.2 Å². The van der Waals surface area contributed by atoms with E-state index in [0.717, 1.165) is 5.69 Å². The normalized spacial score (nSPS) is 20.4. The molecule has 1 heterocycles. The van der Waals surface area contributed by atoms with E-state index in [9.17, 15) is 13.2 Å². The zero-order valence-electron chi connectivity index (χ0n) is 12.4. The van der Waals surface area contributed by atoms with Crippen LogP contribution in [0.25, 0.3) is 0 Å². The van der Waals surface area contributed by atoms with Crippen molar-refractivity contribution >= 4 is 21.6 Å². The molecule has 2 N–H and O–H groups in total. The van der Waals surface area contributed by atoms with Crippen molar-refractivity contribution in [2.75, 3.05) is 23.4 Å². The molecule has 21 heavy (non-hydrogen) atoms. The lowest BCUT2D eigenvalue weighted by molar-refractivity contribution is 0.250. The molecule has 1 fully saturated rings. The molecule has 1 atom stereocenters. The van der Waals surface area contributed by atoms with Crippen LogP contribution in [0.1, 0.15) is 31.7 Å². The van der Waals surface area contributed by atoms with Gasteiger partial charge in [-0.05, 0) is 36.0 Å². The predicted molar refractivity (Wildman–Crippen MR) is 84.3 cm³/mol. The van der Waals surface area contributed by atoms with E-state index in [4.69, 9.17) is 0 Å². The molecule has 0 saturated carbocycles. The van der Waals surface area contributed by atoms with E-state index in [0.29, 0.717) is 18.9 Å². The van der Waals surface area contributed by atoms with Crippen LogP contribution in [0.5, 0.6) is 0 Å². The van der Waals surface area contributed by atoms with Gasteiger partial charge in [0.25, 0.3) is 0 Å². The smallest absolute Gasteiger partial charge is 0.319 e. The van der Waals surface area contributed by atoms with E-state index in [1.165, 1.54) is 5.56 Å². The number of hydrogen-bond acceptors (Lipinski definition) is 3. The molecule has 2 amide bonds. The van der Waals surface area contributed by atoms with Crippen molar-refractivity contribution in [2.24, 2.45) is 5.92 Å². The minimum absolute atomic E-state index is 0.0315. The van der Waals surface area contributed by atoms with Crippen LogP contribution in [-0.4, -0.2) is 32.5 Å². The number of sulfone groups is 1. The molecular weight excluding hydrogens is 288 g/mol. The van der Waals surface area contributed by atoms with Crippen LogP contribution in [0.2, 0.25) is 0 Å². The number of anilines is 1. The largest absolute Gasteiger partial charge is 0.338 e. The van der Waals surface area contributed by atoms with Gasteiger partial charge in [0.2, 0.25) is 0 Å². The lowest BCUT2D eigenvalue weighted by Crippen LogP contribution is -2.33. The summed E-state index contributed by atoms with van der Waals surface area (Å²) in [6.07, 6.45) is 0.631. The molecule has 0 spiro atoms. The van der Waals surface area contributed by atoms with E-state index < -0.39 is 9.84 Å². The Morgan fingerprint density at radius 3 is 2.48 bits per heavy atom. The summed E-state index contributed by atoms with van der Waals surface area (Å²) in [5.74, 6) is 0.898. The van der Waals surface area contributed by atoms with Crippen molar-refractivity contribution in [3.63, 3.8) is 0 Å². The van der Waals surface area contributed by atoms with Crippen LogP contribution in [-0.2, 0) is 9.84 Å². The third-order valence-corrected chi connectivity index (χ3v) is 5.55. The quantitative estimate of drug-likeness (QED) is 0.896. The highest BCUT2D eigenvalue weighted by Crippen LogP contribution is 2.18. The minimum Gasteiger partial charge on any atom is -0.338 e. The fourth-order valence-electron chi connectivity index (χ4n) is 2.40. The molecule has 6 heteroatoms. The van der Waals surface area contributed by atoms with Gasteiger partial charge < -0.3 is 10.6 Å². The molecule has 1 aliphatic rings. The molecule has 1 aromatic rings. The van der Waals surface area contributed by atoms with Crippen molar-refractivity contribution in [3.05, 3.63) is 29.8 Å². The van der Waals surface area contributed by atoms with Crippen LogP contribution >= 0.6 is 0 Å². The summed E-state index contributed by atoms with van der Waals surface area (Å²) in [5.41, 5.74) is 1.95. The molecule has 1 saturated heterocycles. The molecule has 0 bridgehead atoms. The SMILES string of the molecule is CC(C)c1ccc(NC(=O)NCC2CCS(=O)(=O)C2)cc1. The second kappa shape index (κ2) is 6.47. The first-order valence-electron chi connectivity index (χ1n) is 7.21. The lowest BCUT2D eigenvalue weighted by atomic mass is 10.0. The number of amides is 2. The fourth-order valence-corrected chi connectivity index (χ4v) is 4.26. The molecular formula is C15H22N2O3S. The van der Waals surface area contributed by atoms with Gasteiger partial charge in [-0.3, -0.25) is 0 Å². The lowest BCUT2D eigenvalue weighted by Gasteiger charge is -2.12. The summed E-state index contributed by atoms with van der Waals surface area (Å²) in [7, 11) is -2.89. The number of benzene rings is 1. The monoisotopic (exact) mass is 310 g/mol. The Balaban J connectivity index is 1.79. The van der Waals surface area contributed by atoms with Crippen LogP contribution < -0.4 is 10.6 Å². The zero-order valence-corrected chi connectivity index (χ0v) is 13.2. The summed E-state index contributed by atoms with van der Waals surface area (Å²) in [6, 6.07) is 7.42. The van der Waals surface area contributed by atoms with E-state index in [1.807, 2.05) is 24.3 Å². The van der Waals surface area contributed by atoms with Crippen LogP contribution in [0.15, 0.2) is 24.3 Å². The van der Waals surface area contributed by atoms with Gasteiger partial charge in [-0.2, -0.15) is 0 Å². The van der Waals surface area contributed by atoms with Crippen molar-refractivity contribution in [2.45, 2.75) is 26.2 Å². The summed E-state index contributed by atoms with van der Waals surface area (Å²) >= 11 is 0. The van der Waals surface area contributed by atoms with E-state index in [-0.39, 0.29) is 23.5 Å². The van der Waals surface area contributed by atoms with Gasteiger partial charge in [-0.1, -0.05) is 26.0 Å². The summed E-state index contributed by atoms with van der Waals surface area (Å²) in [5, 5.41) is 5.49. The van der Waals surface area contributed by atoms with Crippen molar-refractivity contribution in [1.29, 1.82) is 0 Å². The van der Waals surface area contributed by atoms with Gasteiger partial charge in [0.05, 0.1) is 11.5 Å². The van der Waals surface area contributed by atoms with Gasteiger partial charge in [-0.15, -0.1) is 0 Å². The highest BCUT2D eigenvalue weighted by molar-refractivity contribution is 7.91.